The molecule has 1 N–H and O–H groups in total. The summed E-state index contributed by atoms with van der Waals surface area (Å²) in [6.45, 7) is 1.86. The summed E-state index contributed by atoms with van der Waals surface area (Å²) < 4.78 is 82.3. The summed E-state index contributed by atoms with van der Waals surface area (Å²) in [5.74, 6) is -0.536. The molecule has 1 atom stereocenters. The number of hydrogen-bond acceptors (Lipinski definition) is 3. The number of anilines is 1. The number of nitrogens with zero attached hydrogens (tertiary/aromatic N) is 3. The van der Waals surface area contributed by atoms with E-state index in [4.69, 9.17) is 0 Å². The maximum atomic E-state index is 13.4. The molecule has 0 aliphatic heterocycles. The van der Waals surface area contributed by atoms with Crippen LogP contribution in [-0.4, -0.2) is 21.3 Å². The quantitative estimate of drug-likeness (QED) is 0.335. The minimum absolute atomic E-state index is 0.0427. The minimum atomic E-state index is -4.88. The molecule has 0 saturated heterocycles. The van der Waals surface area contributed by atoms with Crippen molar-refractivity contribution in [1.82, 2.24) is 14.8 Å². The number of fused-ring (bicyclic) bond motifs is 1. The molecule has 4 nitrogen and oxygen atoms in total. The molecule has 172 valence electrons. The molecule has 2 aromatic heterocycles. The lowest BCUT2D eigenvalue weighted by atomic mass is 9.94. The Bertz CT molecular complexity index is 1250. The smallest absolute Gasteiger partial charge is 0.384 e. The highest BCUT2D eigenvalue weighted by Gasteiger charge is 2.37. The van der Waals surface area contributed by atoms with E-state index in [9.17, 15) is 26.3 Å². The van der Waals surface area contributed by atoms with Crippen molar-refractivity contribution in [2.24, 2.45) is 0 Å². The Balaban J connectivity index is 1.65. The molecule has 0 radical (unpaired) electrons. The first-order chi connectivity index (χ1) is 15.5. The van der Waals surface area contributed by atoms with Gasteiger partial charge in [0.15, 0.2) is 0 Å². The highest BCUT2D eigenvalue weighted by Crippen LogP contribution is 2.39. The first-order valence-electron chi connectivity index (χ1n) is 9.96. The molecule has 0 spiro atoms. The SMILES string of the molecule is CC(CNc1ccc(-n2cccn2)cc1)c1cc(C(F)(F)F)nc2c(C(F)(F)F)cccc12. The van der Waals surface area contributed by atoms with Gasteiger partial charge in [0.1, 0.15) is 5.69 Å². The van der Waals surface area contributed by atoms with Gasteiger partial charge in [-0.3, -0.25) is 0 Å². The lowest BCUT2D eigenvalue weighted by Gasteiger charge is -2.20. The number of hydrogen-bond donors (Lipinski definition) is 1. The van der Waals surface area contributed by atoms with Gasteiger partial charge in [0.25, 0.3) is 0 Å². The predicted molar refractivity (Wildman–Crippen MR) is 112 cm³/mol. The third kappa shape index (κ3) is 4.79. The zero-order valence-corrected chi connectivity index (χ0v) is 17.2. The van der Waals surface area contributed by atoms with Crippen molar-refractivity contribution in [3.63, 3.8) is 0 Å². The second-order valence-electron chi connectivity index (χ2n) is 7.57. The van der Waals surface area contributed by atoms with Crippen molar-refractivity contribution in [2.75, 3.05) is 11.9 Å². The number of alkyl halides is 6. The first-order valence-corrected chi connectivity index (χ1v) is 9.96. The van der Waals surface area contributed by atoms with Crippen LogP contribution in [0.1, 0.15) is 29.7 Å². The number of halogens is 6. The Morgan fingerprint density at radius 2 is 1.67 bits per heavy atom. The summed E-state index contributed by atoms with van der Waals surface area (Å²) in [7, 11) is 0. The zero-order chi connectivity index (χ0) is 23.8. The van der Waals surface area contributed by atoms with Crippen LogP contribution >= 0.6 is 0 Å². The third-order valence-electron chi connectivity index (χ3n) is 5.25. The predicted octanol–water partition coefficient (Wildman–Crippen LogP) is 6.67. The van der Waals surface area contributed by atoms with Crippen LogP contribution < -0.4 is 5.32 Å². The van der Waals surface area contributed by atoms with Crippen molar-refractivity contribution in [1.29, 1.82) is 0 Å². The monoisotopic (exact) mass is 464 g/mol. The second-order valence-corrected chi connectivity index (χ2v) is 7.57. The molecule has 2 aromatic carbocycles. The van der Waals surface area contributed by atoms with Crippen LogP contribution in [0.3, 0.4) is 0 Å². The lowest BCUT2D eigenvalue weighted by molar-refractivity contribution is -0.142. The molecule has 0 aliphatic carbocycles. The zero-order valence-electron chi connectivity index (χ0n) is 17.2. The molecular formula is C23H18F6N4. The molecule has 0 saturated carbocycles. The van der Waals surface area contributed by atoms with E-state index >= 15 is 0 Å². The summed E-state index contributed by atoms with van der Waals surface area (Å²) >= 11 is 0. The molecule has 2 heterocycles. The van der Waals surface area contributed by atoms with Crippen molar-refractivity contribution in [3.05, 3.63) is 83.8 Å². The highest BCUT2D eigenvalue weighted by molar-refractivity contribution is 5.86. The van der Waals surface area contributed by atoms with E-state index in [0.717, 1.165) is 17.8 Å². The Kier molecular flexibility index (Phi) is 5.77. The van der Waals surface area contributed by atoms with E-state index in [2.05, 4.69) is 15.4 Å². The summed E-state index contributed by atoms with van der Waals surface area (Å²) in [6, 6.07) is 13.1. The van der Waals surface area contributed by atoms with Crippen molar-refractivity contribution >= 4 is 16.6 Å². The van der Waals surface area contributed by atoms with Gasteiger partial charge in [0, 0.05) is 30.0 Å². The number of pyridine rings is 1. The van der Waals surface area contributed by atoms with Crippen LogP contribution in [0, 0.1) is 0 Å². The van der Waals surface area contributed by atoms with Gasteiger partial charge >= 0.3 is 12.4 Å². The van der Waals surface area contributed by atoms with E-state index in [0.29, 0.717) is 5.69 Å². The Morgan fingerprint density at radius 1 is 0.939 bits per heavy atom. The standard InChI is InChI=1S/C23H18F6N4/c1-14(13-30-15-6-8-16(9-7-15)33-11-3-10-31-33)18-12-20(23(27,28)29)32-21-17(18)4-2-5-19(21)22(24,25)26/h2-12,14,30H,13H2,1H3. The molecule has 0 aliphatic rings. The van der Waals surface area contributed by atoms with Crippen LogP contribution in [-0.2, 0) is 12.4 Å². The number of nitrogens with one attached hydrogen (secondary N) is 1. The molecule has 33 heavy (non-hydrogen) atoms. The lowest BCUT2D eigenvalue weighted by Crippen LogP contribution is -2.16. The molecule has 4 aromatic rings. The van der Waals surface area contributed by atoms with Gasteiger partial charge in [-0.15, -0.1) is 0 Å². The van der Waals surface area contributed by atoms with Crippen molar-refractivity contribution < 1.29 is 26.3 Å². The van der Waals surface area contributed by atoms with Crippen LogP contribution in [0.5, 0.6) is 0 Å². The normalized spacial score (nSPS) is 13.3. The Hall–Kier alpha value is -3.56. The number of para-hydroxylation sites is 1. The topological polar surface area (TPSA) is 42.7 Å². The molecular weight excluding hydrogens is 446 g/mol. The Labute approximate surface area is 184 Å². The van der Waals surface area contributed by atoms with Gasteiger partial charge in [-0.2, -0.15) is 31.4 Å². The van der Waals surface area contributed by atoms with Crippen molar-refractivity contribution in [2.45, 2.75) is 25.2 Å². The minimum Gasteiger partial charge on any atom is -0.384 e. The molecule has 10 heteroatoms. The van der Waals surface area contributed by atoms with Crippen molar-refractivity contribution in [3.8, 4) is 5.69 Å². The fourth-order valence-corrected chi connectivity index (χ4v) is 3.59. The van der Waals surface area contributed by atoms with Gasteiger partial charge < -0.3 is 5.32 Å². The molecule has 0 bridgehead atoms. The van der Waals surface area contributed by atoms with Gasteiger partial charge in [0.05, 0.1) is 16.8 Å². The van der Waals surface area contributed by atoms with E-state index in [1.165, 1.54) is 12.1 Å². The molecule has 0 fully saturated rings. The van der Waals surface area contributed by atoms with Gasteiger partial charge in [-0.25, -0.2) is 9.67 Å². The third-order valence-corrected chi connectivity index (χ3v) is 5.25. The van der Waals surface area contributed by atoms with Crippen LogP contribution in [0.25, 0.3) is 16.6 Å². The summed E-state index contributed by atoms with van der Waals surface area (Å²) in [5.41, 5.74) is -1.57. The summed E-state index contributed by atoms with van der Waals surface area (Å²) in [4.78, 5) is 3.33. The van der Waals surface area contributed by atoms with Gasteiger partial charge in [-0.05, 0) is 53.9 Å². The van der Waals surface area contributed by atoms with Crippen LogP contribution in [0.2, 0.25) is 0 Å². The number of rotatable bonds is 5. The average molecular weight is 464 g/mol. The van der Waals surface area contributed by atoms with Gasteiger partial charge in [0.2, 0.25) is 0 Å². The molecule has 4 rings (SSSR count). The molecule has 0 amide bonds. The van der Waals surface area contributed by atoms with E-state index in [1.54, 1.807) is 42.2 Å². The number of aromatic nitrogens is 3. The Morgan fingerprint density at radius 3 is 2.27 bits per heavy atom. The first kappa shape index (κ1) is 22.6. The second kappa shape index (κ2) is 8.42. The van der Waals surface area contributed by atoms with E-state index in [1.807, 2.05) is 12.1 Å². The highest BCUT2D eigenvalue weighted by atomic mass is 19.4. The van der Waals surface area contributed by atoms with Crippen LogP contribution in [0.15, 0.2) is 67.0 Å². The van der Waals surface area contributed by atoms with E-state index < -0.39 is 35.0 Å². The number of benzene rings is 2. The maximum Gasteiger partial charge on any atom is 0.433 e. The van der Waals surface area contributed by atoms with E-state index in [-0.39, 0.29) is 17.5 Å². The fraction of sp³-hybridized carbons (Fsp3) is 0.217. The molecule has 1 unspecified atom stereocenters. The maximum absolute atomic E-state index is 13.4. The van der Waals surface area contributed by atoms with Gasteiger partial charge in [-0.1, -0.05) is 19.1 Å². The summed E-state index contributed by atoms with van der Waals surface area (Å²) in [6.07, 6.45) is -6.28. The largest absolute Gasteiger partial charge is 0.433 e. The summed E-state index contributed by atoms with van der Waals surface area (Å²) in [5, 5.41) is 7.30. The fourth-order valence-electron chi connectivity index (χ4n) is 3.59. The average Bonchev–Trinajstić information content (AvgIpc) is 3.30. The van der Waals surface area contributed by atoms with Crippen LogP contribution in [0.4, 0.5) is 32.0 Å².